The first-order chi connectivity index (χ1) is 7.06. The molecule has 5 nitrogen and oxygen atoms in total. The zero-order valence-corrected chi connectivity index (χ0v) is 9.36. The number of rotatable bonds is 2. The summed E-state index contributed by atoms with van der Waals surface area (Å²) in [6.45, 7) is 3.75. The van der Waals surface area contributed by atoms with E-state index in [1.165, 1.54) is 0 Å². The first-order valence-corrected chi connectivity index (χ1v) is 5.31. The Hall–Kier alpha value is -0.200. The minimum atomic E-state index is -1.07. The summed E-state index contributed by atoms with van der Waals surface area (Å²) in [5, 5.41) is 8.84. The topological polar surface area (TPSA) is 57.2 Å². The van der Waals surface area contributed by atoms with Crippen molar-refractivity contribution >= 4 is 0 Å². The Morgan fingerprint density at radius 2 is 2.07 bits per heavy atom. The lowest BCUT2D eigenvalue weighted by molar-refractivity contribution is -0.587. The minimum Gasteiger partial charge on any atom is -0.350 e. The first-order valence-electron chi connectivity index (χ1n) is 5.31. The normalized spacial score (nSPS) is 50.4. The van der Waals surface area contributed by atoms with Gasteiger partial charge in [-0.2, -0.15) is 9.78 Å². The Bertz CT molecular complexity index is 246. The molecule has 0 radical (unpaired) electrons. The lowest BCUT2D eigenvalue weighted by atomic mass is 9.74. The maximum atomic E-state index is 8.84. The SMILES string of the molecule is CO[C@@]12C[C@@H](CC[C@@H]1C)[C@@](C)(OO)OO2. The molecule has 2 aliphatic rings. The summed E-state index contributed by atoms with van der Waals surface area (Å²) in [6, 6.07) is 0. The molecule has 0 unspecified atom stereocenters. The molecule has 2 bridgehead atoms. The molecule has 4 atom stereocenters. The summed E-state index contributed by atoms with van der Waals surface area (Å²) < 4.78 is 5.42. The van der Waals surface area contributed by atoms with Gasteiger partial charge in [-0.3, -0.25) is 0 Å². The van der Waals surface area contributed by atoms with Gasteiger partial charge in [-0.05, 0) is 19.8 Å². The Morgan fingerprint density at radius 3 is 2.67 bits per heavy atom. The van der Waals surface area contributed by atoms with Crippen LogP contribution in [0.25, 0.3) is 0 Å². The molecule has 0 amide bonds. The molecule has 2 fully saturated rings. The van der Waals surface area contributed by atoms with Crippen molar-refractivity contribution in [1.82, 2.24) is 0 Å². The molecular weight excluding hydrogens is 200 g/mol. The van der Waals surface area contributed by atoms with E-state index in [2.05, 4.69) is 11.8 Å². The van der Waals surface area contributed by atoms with Gasteiger partial charge in [0.1, 0.15) is 0 Å². The number of hydrogen-bond donors (Lipinski definition) is 1. The van der Waals surface area contributed by atoms with Crippen molar-refractivity contribution in [3.8, 4) is 0 Å². The van der Waals surface area contributed by atoms with Crippen molar-refractivity contribution < 1.29 is 24.7 Å². The van der Waals surface area contributed by atoms with Crippen molar-refractivity contribution in [1.29, 1.82) is 0 Å². The molecule has 1 saturated heterocycles. The number of ether oxygens (including phenoxy) is 1. The molecule has 88 valence electrons. The van der Waals surface area contributed by atoms with E-state index in [-0.39, 0.29) is 11.8 Å². The Morgan fingerprint density at radius 1 is 1.33 bits per heavy atom. The fourth-order valence-corrected chi connectivity index (χ4v) is 2.51. The third-order valence-electron chi connectivity index (χ3n) is 3.85. The van der Waals surface area contributed by atoms with E-state index in [0.717, 1.165) is 12.8 Å². The Balaban J connectivity index is 2.20. The van der Waals surface area contributed by atoms with Crippen molar-refractivity contribution in [2.45, 2.75) is 44.7 Å². The quantitative estimate of drug-likeness (QED) is 0.567. The Labute approximate surface area is 89.1 Å². The van der Waals surface area contributed by atoms with Crippen LogP contribution >= 0.6 is 0 Å². The van der Waals surface area contributed by atoms with Gasteiger partial charge in [-0.1, -0.05) is 6.92 Å². The first kappa shape index (κ1) is 11.3. The van der Waals surface area contributed by atoms with Crippen LogP contribution in [0.15, 0.2) is 0 Å². The van der Waals surface area contributed by atoms with Crippen LogP contribution in [-0.2, 0) is 19.4 Å². The summed E-state index contributed by atoms with van der Waals surface area (Å²) in [6.07, 6.45) is 2.59. The standard InChI is InChI=1S/C10H18O5/c1-7-4-5-8-6-10(7,12-3)15-14-9(8,2)13-11/h7-8,11H,4-6H2,1-3H3/t7-,8+,9-,10+/m0/s1. The molecule has 2 rings (SSSR count). The summed E-state index contributed by atoms with van der Waals surface area (Å²) in [7, 11) is 1.62. The summed E-state index contributed by atoms with van der Waals surface area (Å²) in [4.78, 5) is 14.8. The van der Waals surface area contributed by atoms with Crippen LogP contribution < -0.4 is 0 Å². The van der Waals surface area contributed by atoms with Gasteiger partial charge in [0.2, 0.25) is 11.6 Å². The molecule has 0 spiro atoms. The van der Waals surface area contributed by atoms with Gasteiger partial charge < -0.3 is 4.74 Å². The van der Waals surface area contributed by atoms with Crippen LogP contribution in [0.5, 0.6) is 0 Å². The van der Waals surface area contributed by atoms with Gasteiger partial charge >= 0.3 is 0 Å². The van der Waals surface area contributed by atoms with Crippen molar-refractivity contribution in [3.05, 3.63) is 0 Å². The van der Waals surface area contributed by atoms with Crippen LogP contribution in [0.1, 0.15) is 33.1 Å². The summed E-state index contributed by atoms with van der Waals surface area (Å²) in [5.41, 5.74) is 0. The minimum absolute atomic E-state index is 0.0902. The van der Waals surface area contributed by atoms with Gasteiger partial charge in [0, 0.05) is 25.4 Å². The maximum absolute atomic E-state index is 8.84. The molecule has 0 aromatic heterocycles. The average molecular weight is 218 g/mol. The second-order valence-electron chi connectivity index (χ2n) is 4.67. The van der Waals surface area contributed by atoms with Crippen molar-refractivity contribution in [3.63, 3.8) is 0 Å². The second kappa shape index (κ2) is 3.68. The fraction of sp³-hybridized carbons (Fsp3) is 1.00. The molecule has 0 aromatic rings. The molecule has 15 heavy (non-hydrogen) atoms. The van der Waals surface area contributed by atoms with E-state index in [9.17, 15) is 0 Å². The highest BCUT2D eigenvalue weighted by Gasteiger charge is 2.56. The van der Waals surface area contributed by atoms with Crippen LogP contribution in [0.4, 0.5) is 0 Å². The van der Waals surface area contributed by atoms with Gasteiger partial charge in [0.25, 0.3) is 0 Å². The molecule has 5 heteroatoms. The van der Waals surface area contributed by atoms with Gasteiger partial charge in [0.15, 0.2) is 0 Å². The number of hydrogen-bond acceptors (Lipinski definition) is 5. The monoisotopic (exact) mass is 218 g/mol. The van der Waals surface area contributed by atoms with Crippen molar-refractivity contribution in [2.75, 3.05) is 7.11 Å². The molecule has 0 aromatic carbocycles. The molecule has 1 aliphatic heterocycles. The van der Waals surface area contributed by atoms with Gasteiger partial charge in [-0.25, -0.2) is 10.1 Å². The van der Waals surface area contributed by atoms with E-state index < -0.39 is 11.6 Å². The largest absolute Gasteiger partial charge is 0.350 e. The van der Waals surface area contributed by atoms with E-state index in [1.807, 2.05) is 0 Å². The highest BCUT2D eigenvalue weighted by molar-refractivity contribution is 4.92. The average Bonchev–Trinajstić information content (AvgIpc) is 2.28. The van der Waals surface area contributed by atoms with Crippen LogP contribution in [0, 0.1) is 11.8 Å². The molecule has 1 saturated carbocycles. The zero-order chi connectivity index (χ0) is 11.1. The second-order valence-corrected chi connectivity index (χ2v) is 4.67. The van der Waals surface area contributed by atoms with Gasteiger partial charge in [0.05, 0.1) is 0 Å². The van der Waals surface area contributed by atoms with E-state index in [4.69, 9.17) is 19.8 Å². The third-order valence-corrected chi connectivity index (χ3v) is 3.85. The number of methoxy groups -OCH3 is 1. The maximum Gasteiger partial charge on any atom is 0.234 e. The predicted molar refractivity (Wildman–Crippen MR) is 50.5 cm³/mol. The van der Waals surface area contributed by atoms with E-state index in [0.29, 0.717) is 6.42 Å². The van der Waals surface area contributed by atoms with Gasteiger partial charge in [-0.15, -0.1) is 0 Å². The smallest absolute Gasteiger partial charge is 0.234 e. The lowest BCUT2D eigenvalue weighted by Gasteiger charge is -2.51. The van der Waals surface area contributed by atoms with Crippen LogP contribution in [0.2, 0.25) is 0 Å². The molecule has 1 heterocycles. The highest BCUT2D eigenvalue weighted by atomic mass is 17.3. The van der Waals surface area contributed by atoms with Crippen LogP contribution in [-0.4, -0.2) is 23.9 Å². The Kier molecular flexibility index (Phi) is 2.77. The van der Waals surface area contributed by atoms with E-state index in [1.54, 1.807) is 14.0 Å². The molecule has 1 aliphatic carbocycles. The highest BCUT2D eigenvalue weighted by Crippen LogP contribution is 2.49. The van der Waals surface area contributed by atoms with E-state index >= 15 is 0 Å². The molecular formula is C10H18O5. The summed E-state index contributed by atoms with van der Waals surface area (Å²) in [5.74, 6) is -1.38. The summed E-state index contributed by atoms with van der Waals surface area (Å²) >= 11 is 0. The van der Waals surface area contributed by atoms with Crippen molar-refractivity contribution in [2.24, 2.45) is 11.8 Å². The number of fused-ring (bicyclic) bond motifs is 2. The molecule has 1 N–H and O–H groups in total. The lowest BCUT2D eigenvalue weighted by Crippen LogP contribution is -2.58. The fourth-order valence-electron chi connectivity index (χ4n) is 2.51. The zero-order valence-electron chi connectivity index (χ0n) is 9.36. The third kappa shape index (κ3) is 1.59. The van der Waals surface area contributed by atoms with Crippen LogP contribution in [0.3, 0.4) is 0 Å². The predicted octanol–water partition coefficient (Wildman–Crippen LogP) is 1.93.